The summed E-state index contributed by atoms with van der Waals surface area (Å²) in [6.07, 6.45) is 14.4. The van der Waals surface area contributed by atoms with Crippen LogP contribution in [0.3, 0.4) is 0 Å². The predicted octanol–water partition coefficient (Wildman–Crippen LogP) is 5.06. The van der Waals surface area contributed by atoms with Crippen molar-refractivity contribution in [1.29, 1.82) is 0 Å². The van der Waals surface area contributed by atoms with Crippen LogP contribution in [0.25, 0.3) is 0 Å². The number of nitrogens with one attached hydrogen (secondary N) is 2. The standard InChI is InChI=1S/C28H41N3O/c1-15-8-26-27(29-13-15)17(3)28(32-26)7-6-21-20-5-4-18-10-25-19(14-30-31-25)9-23(18)24(20)11-22(21)16(2)12-28/h14-15,17-18,20-21,23-24,26-27,29H,4-13H2,1-3H3,(H,30,31). The third kappa shape index (κ3) is 2.84. The van der Waals surface area contributed by atoms with E-state index in [2.05, 4.69) is 42.5 Å². The fourth-order valence-electron chi connectivity index (χ4n) is 9.62. The van der Waals surface area contributed by atoms with Gasteiger partial charge >= 0.3 is 0 Å². The number of hydrogen-bond donors (Lipinski definition) is 2. The summed E-state index contributed by atoms with van der Waals surface area (Å²) in [7, 11) is 0. The third-order valence-corrected chi connectivity index (χ3v) is 11.2. The molecular weight excluding hydrogens is 394 g/mol. The van der Waals surface area contributed by atoms with E-state index in [1.807, 2.05) is 5.57 Å². The number of piperidine rings is 1. The number of fused-ring (bicyclic) bond motifs is 7. The SMILES string of the molecule is CC1=C2CC3C4Cc5cn[nH]c5CC4CCC3C2CCC2(C1)OC1CC(C)CNC1C2C. The van der Waals surface area contributed by atoms with Gasteiger partial charge in [0.15, 0.2) is 0 Å². The molecule has 6 aliphatic rings. The van der Waals surface area contributed by atoms with E-state index in [1.165, 1.54) is 75.6 Å². The lowest BCUT2D eigenvalue weighted by molar-refractivity contribution is -0.0721. The Morgan fingerprint density at radius 1 is 1.06 bits per heavy atom. The van der Waals surface area contributed by atoms with E-state index in [0.29, 0.717) is 18.1 Å². The second-order valence-electron chi connectivity index (χ2n) is 12.7. The van der Waals surface area contributed by atoms with Crippen LogP contribution in [0.5, 0.6) is 0 Å². The lowest BCUT2D eigenvalue weighted by atomic mass is 9.61. The Kier molecular flexibility index (Phi) is 4.55. The molecule has 1 spiro atoms. The van der Waals surface area contributed by atoms with Gasteiger partial charge in [0.1, 0.15) is 0 Å². The summed E-state index contributed by atoms with van der Waals surface area (Å²) in [6, 6.07) is 0.566. The van der Waals surface area contributed by atoms with E-state index in [1.54, 1.807) is 5.57 Å². The molecule has 4 fully saturated rings. The Morgan fingerprint density at radius 3 is 2.88 bits per heavy atom. The van der Waals surface area contributed by atoms with Crippen molar-refractivity contribution in [2.45, 2.75) is 96.3 Å². The minimum absolute atomic E-state index is 0.0804. The molecule has 10 unspecified atom stereocenters. The molecule has 2 saturated heterocycles. The smallest absolute Gasteiger partial charge is 0.0765 e. The average molecular weight is 436 g/mol. The van der Waals surface area contributed by atoms with Gasteiger partial charge in [0.2, 0.25) is 0 Å². The Bertz CT molecular complexity index is 935. The summed E-state index contributed by atoms with van der Waals surface area (Å²) < 4.78 is 7.04. The highest BCUT2D eigenvalue weighted by Crippen LogP contribution is 2.60. The van der Waals surface area contributed by atoms with Crippen molar-refractivity contribution in [3.8, 4) is 0 Å². The molecule has 32 heavy (non-hydrogen) atoms. The predicted molar refractivity (Wildman–Crippen MR) is 126 cm³/mol. The molecule has 0 bridgehead atoms. The fourth-order valence-corrected chi connectivity index (χ4v) is 9.62. The van der Waals surface area contributed by atoms with Crippen LogP contribution in [-0.2, 0) is 17.6 Å². The number of allylic oxidation sites excluding steroid dienone is 1. The van der Waals surface area contributed by atoms with Crippen LogP contribution in [0, 0.1) is 41.4 Å². The lowest BCUT2D eigenvalue weighted by Crippen LogP contribution is -2.48. The summed E-state index contributed by atoms with van der Waals surface area (Å²) in [5.41, 5.74) is 6.60. The third-order valence-electron chi connectivity index (χ3n) is 11.2. The molecule has 0 aromatic carbocycles. The number of H-pyrrole nitrogens is 1. The zero-order valence-corrected chi connectivity index (χ0v) is 20.2. The van der Waals surface area contributed by atoms with Crippen LogP contribution in [0.1, 0.15) is 77.0 Å². The van der Waals surface area contributed by atoms with Gasteiger partial charge in [-0.15, -0.1) is 0 Å². The Labute approximate surface area is 193 Å². The van der Waals surface area contributed by atoms with Gasteiger partial charge in [0, 0.05) is 17.7 Å². The zero-order chi connectivity index (χ0) is 21.6. The average Bonchev–Trinajstić information content (AvgIpc) is 3.43. The lowest BCUT2D eigenvalue weighted by Gasteiger charge is -2.44. The Balaban J connectivity index is 1.16. The van der Waals surface area contributed by atoms with E-state index < -0.39 is 0 Å². The number of nitrogens with zero attached hydrogens (tertiary/aromatic N) is 1. The Hall–Kier alpha value is -1.13. The van der Waals surface area contributed by atoms with Crippen molar-refractivity contribution in [1.82, 2.24) is 15.5 Å². The second-order valence-corrected chi connectivity index (χ2v) is 12.7. The zero-order valence-electron chi connectivity index (χ0n) is 20.2. The van der Waals surface area contributed by atoms with Gasteiger partial charge in [-0.1, -0.05) is 25.0 Å². The van der Waals surface area contributed by atoms with Gasteiger partial charge in [0.05, 0.1) is 17.9 Å². The molecule has 2 aliphatic heterocycles. The first-order valence-electron chi connectivity index (χ1n) is 13.6. The molecule has 2 N–H and O–H groups in total. The minimum atomic E-state index is 0.0804. The minimum Gasteiger partial charge on any atom is -0.369 e. The quantitative estimate of drug-likeness (QED) is 0.560. The van der Waals surface area contributed by atoms with E-state index in [-0.39, 0.29) is 5.60 Å². The number of hydrogen-bond acceptors (Lipinski definition) is 3. The molecule has 4 aliphatic carbocycles. The topological polar surface area (TPSA) is 49.9 Å². The monoisotopic (exact) mass is 435 g/mol. The summed E-state index contributed by atoms with van der Waals surface area (Å²) in [4.78, 5) is 0. The molecule has 174 valence electrons. The number of rotatable bonds is 0. The molecule has 0 amide bonds. The first-order valence-corrected chi connectivity index (χ1v) is 13.6. The maximum atomic E-state index is 7.04. The first-order chi connectivity index (χ1) is 15.5. The van der Waals surface area contributed by atoms with Crippen LogP contribution >= 0.6 is 0 Å². The van der Waals surface area contributed by atoms with E-state index in [0.717, 1.165) is 35.5 Å². The van der Waals surface area contributed by atoms with Crippen molar-refractivity contribution in [3.63, 3.8) is 0 Å². The van der Waals surface area contributed by atoms with E-state index >= 15 is 0 Å². The molecular formula is C28H41N3O. The largest absolute Gasteiger partial charge is 0.369 e. The summed E-state index contributed by atoms with van der Waals surface area (Å²) in [5.74, 6) is 5.79. The highest BCUT2D eigenvalue weighted by Gasteiger charge is 2.57. The second kappa shape index (κ2) is 7.18. The summed E-state index contributed by atoms with van der Waals surface area (Å²) >= 11 is 0. The van der Waals surface area contributed by atoms with Crippen molar-refractivity contribution in [2.24, 2.45) is 41.4 Å². The van der Waals surface area contributed by atoms with Crippen LogP contribution in [-0.4, -0.2) is 34.5 Å². The van der Waals surface area contributed by atoms with Gasteiger partial charge in [-0.3, -0.25) is 5.10 Å². The number of ether oxygens (including phenoxy) is 1. The number of aromatic nitrogens is 2. The molecule has 3 heterocycles. The molecule has 1 aromatic heterocycles. The van der Waals surface area contributed by atoms with E-state index in [4.69, 9.17) is 4.74 Å². The molecule has 4 heteroatoms. The summed E-state index contributed by atoms with van der Waals surface area (Å²) in [5, 5.41) is 11.5. The van der Waals surface area contributed by atoms with Crippen LogP contribution in [0.15, 0.2) is 17.3 Å². The van der Waals surface area contributed by atoms with Gasteiger partial charge in [-0.2, -0.15) is 5.10 Å². The molecule has 7 rings (SSSR count). The molecule has 4 nitrogen and oxygen atoms in total. The van der Waals surface area contributed by atoms with Crippen molar-refractivity contribution < 1.29 is 4.74 Å². The Morgan fingerprint density at radius 2 is 1.97 bits per heavy atom. The number of aromatic amines is 1. The van der Waals surface area contributed by atoms with E-state index in [9.17, 15) is 0 Å². The van der Waals surface area contributed by atoms with Gasteiger partial charge in [-0.25, -0.2) is 0 Å². The molecule has 0 radical (unpaired) electrons. The van der Waals surface area contributed by atoms with Gasteiger partial charge in [0.25, 0.3) is 0 Å². The van der Waals surface area contributed by atoms with Crippen LogP contribution < -0.4 is 5.32 Å². The highest BCUT2D eigenvalue weighted by atomic mass is 16.5. The van der Waals surface area contributed by atoms with Crippen LogP contribution in [0.2, 0.25) is 0 Å². The van der Waals surface area contributed by atoms with Gasteiger partial charge in [-0.05, 0) is 112 Å². The molecule has 1 aromatic rings. The molecule has 10 atom stereocenters. The first kappa shape index (κ1) is 20.3. The van der Waals surface area contributed by atoms with Gasteiger partial charge < -0.3 is 10.1 Å². The fraction of sp³-hybridized carbons (Fsp3) is 0.821. The van der Waals surface area contributed by atoms with Crippen molar-refractivity contribution >= 4 is 0 Å². The molecule has 2 saturated carbocycles. The normalized spacial score (nSPS) is 49.8. The van der Waals surface area contributed by atoms with Crippen LogP contribution in [0.4, 0.5) is 0 Å². The van der Waals surface area contributed by atoms with Crippen molar-refractivity contribution in [3.05, 3.63) is 28.6 Å². The maximum Gasteiger partial charge on any atom is 0.0765 e. The highest BCUT2D eigenvalue weighted by molar-refractivity contribution is 5.30. The maximum absolute atomic E-state index is 7.04. The van der Waals surface area contributed by atoms with Crippen molar-refractivity contribution in [2.75, 3.05) is 6.54 Å². The summed E-state index contributed by atoms with van der Waals surface area (Å²) in [6.45, 7) is 8.51.